The van der Waals surface area contributed by atoms with E-state index >= 15 is 0 Å². The topological polar surface area (TPSA) is 86.0 Å². The maximum absolute atomic E-state index is 12.4. The molecule has 6 nitrogen and oxygen atoms in total. The molecule has 0 spiro atoms. The summed E-state index contributed by atoms with van der Waals surface area (Å²) in [6.07, 6.45) is 0. The number of Topliss-reactive ketones (excluding diaryl/α,β-unsaturated/α-hetero) is 1. The zero-order chi connectivity index (χ0) is 19.4. The number of thioether (sulfide) groups is 1. The number of nitro benzene ring substituents is 1. The number of non-ortho nitro benzene ring substituents is 1. The van der Waals surface area contributed by atoms with Gasteiger partial charge in [0.15, 0.2) is 10.9 Å². The van der Waals surface area contributed by atoms with Crippen molar-refractivity contribution in [2.75, 3.05) is 5.75 Å². The Bertz CT molecular complexity index is 1000. The van der Waals surface area contributed by atoms with E-state index in [1.54, 1.807) is 6.07 Å². The summed E-state index contributed by atoms with van der Waals surface area (Å²) < 4.78 is 0. The summed E-state index contributed by atoms with van der Waals surface area (Å²) in [6.45, 7) is 3.90. The van der Waals surface area contributed by atoms with Gasteiger partial charge in [0.2, 0.25) is 0 Å². The Morgan fingerprint density at radius 1 is 1.07 bits per heavy atom. The number of nitro groups is 1. The number of hydrogen-bond acceptors (Lipinski definition) is 6. The third kappa shape index (κ3) is 4.77. The minimum atomic E-state index is -0.512. The zero-order valence-electron chi connectivity index (χ0n) is 14.9. The van der Waals surface area contributed by atoms with E-state index in [1.165, 1.54) is 35.5 Å². The molecule has 0 saturated heterocycles. The molecular weight excluding hydrogens is 362 g/mol. The molecule has 0 fully saturated rings. The molecule has 0 aliphatic rings. The van der Waals surface area contributed by atoms with Gasteiger partial charge in [-0.05, 0) is 19.9 Å². The third-order valence-electron chi connectivity index (χ3n) is 3.89. The van der Waals surface area contributed by atoms with Gasteiger partial charge in [-0.15, -0.1) is 0 Å². The summed E-state index contributed by atoms with van der Waals surface area (Å²) in [6, 6.07) is 15.7. The van der Waals surface area contributed by atoms with Crippen molar-refractivity contribution in [3.8, 4) is 11.3 Å². The predicted molar refractivity (Wildman–Crippen MR) is 105 cm³/mol. The van der Waals surface area contributed by atoms with Crippen molar-refractivity contribution in [3.63, 3.8) is 0 Å². The molecule has 136 valence electrons. The summed E-state index contributed by atoms with van der Waals surface area (Å²) in [4.78, 5) is 31.6. The van der Waals surface area contributed by atoms with Crippen molar-refractivity contribution in [1.82, 2.24) is 9.97 Å². The maximum Gasteiger partial charge on any atom is 0.270 e. The lowest BCUT2D eigenvalue weighted by Crippen LogP contribution is -2.04. The highest BCUT2D eigenvalue weighted by Crippen LogP contribution is 2.23. The number of ketones is 1. The van der Waals surface area contributed by atoms with Gasteiger partial charge in [0.25, 0.3) is 5.69 Å². The van der Waals surface area contributed by atoms with Gasteiger partial charge in [-0.3, -0.25) is 14.9 Å². The number of carbonyl (C=O) groups is 1. The van der Waals surface area contributed by atoms with Gasteiger partial charge in [0.1, 0.15) is 0 Å². The molecule has 7 heteroatoms. The Labute approximate surface area is 160 Å². The molecule has 0 bridgehead atoms. The first-order valence-corrected chi connectivity index (χ1v) is 9.24. The van der Waals surface area contributed by atoms with E-state index in [4.69, 9.17) is 0 Å². The fraction of sp³-hybridized carbons (Fsp3) is 0.150. The molecule has 3 rings (SSSR count). The van der Waals surface area contributed by atoms with Crippen molar-refractivity contribution in [3.05, 3.63) is 81.5 Å². The van der Waals surface area contributed by atoms with Crippen LogP contribution in [0.25, 0.3) is 11.3 Å². The second-order valence-electron chi connectivity index (χ2n) is 6.06. The van der Waals surface area contributed by atoms with Crippen molar-refractivity contribution < 1.29 is 9.72 Å². The second kappa shape index (κ2) is 8.09. The van der Waals surface area contributed by atoms with E-state index in [1.807, 2.05) is 44.2 Å². The summed E-state index contributed by atoms with van der Waals surface area (Å²) in [5, 5.41) is 11.4. The van der Waals surface area contributed by atoms with Crippen molar-refractivity contribution in [2.24, 2.45) is 0 Å². The molecule has 0 radical (unpaired) electrons. The van der Waals surface area contributed by atoms with Crippen molar-refractivity contribution >= 4 is 23.2 Å². The van der Waals surface area contributed by atoms with Crippen LogP contribution in [0.4, 0.5) is 5.69 Å². The third-order valence-corrected chi connectivity index (χ3v) is 4.74. The highest BCUT2D eigenvalue weighted by molar-refractivity contribution is 7.99. The molecule has 0 aliphatic heterocycles. The van der Waals surface area contributed by atoms with Crippen LogP contribution in [-0.4, -0.2) is 26.4 Å². The van der Waals surface area contributed by atoms with Gasteiger partial charge in [0.05, 0.1) is 16.4 Å². The fourth-order valence-corrected chi connectivity index (χ4v) is 3.28. The van der Waals surface area contributed by atoms with Gasteiger partial charge >= 0.3 is 0 Å². The van der Waals surface area contributed by atoms with Gasteiger partial charge < -0.3 is 0 Å². The first kappa shape index (κ1) is 18.7. The van der Waals surface area contributed by atoms with Crippen LogP contribution in [0.5, 0.6) is 0 Å². The van der Waals surface area contributed by atoms with Crippen LogP contribution in [0, 0.1) is 24.0 Å². The molecule has 3 aromatic rings. The summed E-state index contributed by atoms with van der Waals surface area (Å²) >= 11 is 1.22. The van der Waals surface area contributed by atoms with E-state index < -0.39 is 4.92 Å². The lowest BCUT2D eigenvalue weighted by Gasteiger charge is -2.06. The van der Waals surface area contributed by atoms with Crippen LogP contribution in [0.2, 0.25) is 0 Å². The average molecular weight is 379 g/mol. The van der Waals surface area contributed by atoms with Gasteiger partial charge in [-0.1, -0.05) is 53.7 Å². The lowest BCUT2D eigenvalue weighted by molar-refractivity contribution is -0.384. The number of hydrogen-bond donors (Lipinski definition) is 0. The number of nitrogens with zero attached hydrogens (tertiary/aromatic N) is 3. The van der Waals surface area contributed by atoms with Gasteiger partial charge in [0, 0.05) is 29.0 Å². The van der Waals surface area contributed by atoms with E-state index in [0.29, 0.717) is 10.7 Å². The molecule has 2 aromatic carbocycles. The molecule has 0 amide bonds. The first-order valence-electron chi connectivity index (χ1n) is 8.25. The molecule has 0 saturated carbocycles. The number of rotatable bonds is 6. The summed E-state index contributed by atoms with van der Waals surface area (Å²) in [5.41, 5.74) is 3.97. The molecular formula is C20H17N3O3S. The molecule has 1 aromatic heterocycles. The Balaban J connectivity index is 1.76. The quantitative estimate of drug-likeness (QED) is 0.204. The van der Waals surface area contributed by atoms with Crippen molar-refractivity contribution in [1.29, 1.82) is 0 Å². The van der Waals surface area contributed by atoms with Crippen LogP contribution < -0.4 is 0 Å². The van der Waals surface area contributed by atoms with E-state index in [0.717, 1.165) is 17.0 Å². The van der Waals surface area contributed by atoms with Crippen LogP contribution in [0.15, 0.2) is 59.8 Å². The second-order valence-corrected chi connectivity index (χ2v) is 7.00. The Morgan fingerprint density at radius 2 is 1.81 bits per heavy atom. The zero-order valence-corrected chi connectivity index (χ0v) is 15.7. The molecule has 0 unspecified atom stereocenters. The Hall–Kier alpha value is -3.06. The van der Waals surface area contributed by atoms with Crippen molar-refractivity contribution in [2.45, 2.75) is 19.0 Å². The van der Waals surface area contributed by atoms with E-state index in [9.17, 15) is 14.9 Å². The fourth-order valence-electron chi connectivity index (χ4n) is 2.48. The average Bonchev–Trinajstić information content (AvgIpc) is 2.66. The highest BCUT2D eigenvalue weighted by Gasteiger charge is 2.13. The monoisotopic (exact) mass is 379 g/mol. The largest absolute Gasteiger partial charge is 0.293 e. The van der Waals surface area contributed by atoms with Crippen LogP contribution >= 0.6 is 11.8 Å². The molecule has 27 heavy (non-hydrogen) atoms. The standard InChI is InChI=1S/C20H17N3O3S/c1-13-6-8-15(9-7-13)18-10-14(2)21-20(22-18)27-12-19(24)16-4-3-5-17(11-16)23(25)26/h3-11H,12H2,1-2H3. The van der Waals surface area contributed by atoms with Crippen LogP contribution in [-0.2, 0) is 0 Å². The predicted octanol–water partition coefficient (Wildman–Crippen LogP) is 4.64. The SMILES string of the molecule is Cc1ccc(-c2cc(C)nc(SCC(=O)c3cccc([N+](=O)[O-])c3)n2)cc1. The minimum Gasteiger partial charge on any atom is -0.293 e. The number of aryl methyl sites for hydroxylation is 2. The molecule has 0 N–H and O–H groups in total. The number of carbonyl (C=O) groups excluding carboxylic acids is 1. The Kier molecular flexibility index (Phi) is 5.61. The number of aromatic nitrogens is 2. The number of benzene rings is 2. The summed E-state index contributed by atoms with van der Waals surface area (Å²) in [7, 11) is 0. The lowest BCUT2D eigenvalue weighted by atomic mass is 10.1. The first-order chi connectivity index (χ1) is 12.9. The Morgan fingerprint density at radius 3 is 2.52 bits per heavy atom. The maximum atomic E-state index is 12.4. The molecule has 0 atom stereocenters. The van der Waals surface area contributed by atoms with Crippen LogP contribution in [0.3, 0.4) is 0 Å². The molecule has 1 heterocycles. The highest BCUT2D eigenvalue weighted by atomic mass is 32.2. The van der Waals surface area contributed by atoms with Crippen LogP contribution in [0.1, 0.15) is 21.6 Å². The van der Waals surface area contributed by atoms with E-state index in [-0.39, 0.29) is 17.2 Å². The van der Waals surface area contributed by atoms with Gasteiger partial charge in [-0.25, -0.2) is 9.97 Å². The van der Waals surface area contributed by atoms with Gasteiger partial charge in [-0.2, -0.15) is 0 Å². The smallest absolute Gasteiger partial charge is 0.270 e. The summed E-state index contributed by atoms with van der Waals surface area (Å²) in [5.74, 6) is -0.0940. The van der Waals surface area contributed by atoms with E-state index in [2.05, 4.69) is 9.97 Å². The minimum absolute atomic E-state index is 0.0979. The molecule has 0 aliphatic carbocycles. The normalized spacial score (nSPS) is 10.6.